The highest BCUT2D eigenvalue weighted by Crippen LogP contribution is 2.23. The van der Waals surface area contributed by atoms with E-state index in [9.17, 15) is 9.59 Å². The highest BCUT2D eigenvalue weighted by molar-refractivity contribution is 9.10. The molecular formula is C24H19BrN2O4. The zero-order chi connectivity index (χ0) is 21.8. The summed E-state index contributed by atoms with van der Waals surface area (Å²) in [6.07, 6.45) is 1.68. The van der Waals surface area contributed by atoms with Gasteiger partial charge in [-0.1, -0.05) is 46.3 Å². The van der Waals surface area contributed by atoms with Crippen LogP contribution < -0.4 is 10.3 Å². The summed E-state index contributed by atoms with van der Waals surface area (Å²) >= 11 is 3.49. The zero-order valence-corrected chi connectivity index (χ0v) is 18.3. The molecule has 0 aliphatic heterocycles. The fourth-order valence-corrected chi connectivity index (χ4v) is 3.48. The molecule has 4 aromatic rings. The molecule has 0 atom stereocenters. The number of esters is 1. The van der Waals surface area contributed by atoms with E-state index in [1.165, 1.54) is 10.5 Å². The van der Waals surface area contributed by atoms with E-state index in [1.54, 1.807) is 36.5 Å². The molecule has 0 spiro atoms. The van der Waals surface area contributed by atoms with Crippen molar-refractivity contribution in [3.05, 3.63) is 110 Å². The number of aryl methyl sites for hydroxylation is 1. The molecule has 0 unspecified atom stereocenters. The Labute approximate surface area is 187 Å². The fourth-order valence-electron chi connectivity index (χ4n) is 3.08. The van der Waals surface area contributed by atoms with Crippen LogP contribution in [0.2, 0.25) is 0 Å². The Morgan fingerprint density at radius 1 is 1.03 bits per heavy atom. The summed E-state index contributed by atoms with van der Waals surface area (Å²) in [6, 6.07) is 19.6. The topological polar surface area (TPSA) is 69.9 Å². The average molecular weight is 479 g/mol. The van der Waals surface area contributed by atoms with Crippen molar-refractivity contribution in [1.29, 1.82) is 0 Å². The van der Waals surface area contributed by atoms with Crippen LogP contribution in [0.5, 0.6) is 5.75 Å². The number of benzene rings is 2. The second kappa shape index (κ2) is 9.14. The van der Waals surface area contributed by atoms with Gasteiger partial charge < -0.3 is 9.47 Å². The molecule has 4 rings (SSSR count). The lowest BCUT2D eigenvalue weighted by Crippen LogP contribution is -2.17. The van der Waals surface area contributed by atoms with E-state index in [-0.39, 0.29) is 12.2 Å². The summed E-state index contributed by atoms with van der Waals surface area (Å²) in [5.41, 5.74) is 2.92. The number of halogens is 1. The maximum absolute atomic E-state index is 12.7. The van der Waals surface area contributed by atoms with Gasteiger partial charge in [0.15, 0.2) is 0 Å². The highest BCUT2D eigenvalue weighted by Gasteiger charge is 2.15. The number of fused-ring (bicyclic) bond motifs is 1. The lowest BCUT2D eigenvalue weighted by molar-refractivity contribution is 0.0462. The minimum absolute atomic E-state index is 0.114. The predicted molar refractivity (Wildman–Crippen MR) is 120 cm³/mol. The second-order valence-electron chi connectivity index (χ2n) is 6.97. The van der Waals surface area contributed by atoms with Crippen LogP contribution >= 0.6 is 15.9 Å². The zero-order valence-electron chi connectivity index (χ0n) is 16.7. The SMILES string of the molecule is Cc1ccn2c(=O)cc(COC(=O)c3ccccc3OCc3ccccc3Br)nc2c1. The quantitative estimate of drug-likeness (QED) is 0.375. The number of carbonyl (C=O) groups is 1. The first-order chi connectivity index (χ1) is 15.0. The molecule has 6 nitrogen and oxygen atoms in total. The third-order valence-corrected chi connectivity index (χ3v) is 5.45. The van der Waals surface area contributed by atoms with Crippen molar-refractivity contribution >= 4 is 27.5 Å². The number of aromatic nitrogens is 2. The molecule has 0 bridgehead atoms. The van der Waals surface area contributed by atoms with Gasteiger partial charge in [-0.3, -0.25) is 9.20 Å². The van der Waals surface area contributed by atoms with Crippen molar-refractivity contribution in [1.82, 2.24) is 9.38 Å². The molecule has 7 heteroatoms. The predicted octanol–water partition coefficient (Wildman–Crippen LogP) is 4.70. The van der Waals surface area contributed by atoms with Gasteiger partial charge in [-0.2, -0.15) is 0 Å². The van der Waals surface area contributed by atoms with Crippen molar-refractivity contribution in [3.8, 4) is 5.75 Å². The average Bonchev–Trinajstić information content (AvgIpc) is 2.77. The Balaban J connectivity index is 1.49. The van der Waals surface area contributed by atoms with Gasteiger partial charge in [0.2, 0.25) is 0 Å². The van der Waals surface area contributed by atoms with Gasteiger partial charge in [0, 0.05) is 22.3 Å². The fraction of sp³-hybridized carbons (Fsp3) is 0.125. The van der Waals surface area contributed by atoms with Crippen LogP contribution in [0.25, 0.3) is 5.65 Å². The van der Waals surface area contributed by atoms with Crippen LogP contribution in [-0.2, 0) is 18.0 Å². The number of nitrogens with zero attached hydrogens (tertiary/aromatic N) is 2. The van der Waals surface area contributed by atoms with Crippen molar-refractivity contribution in [2.45, 2.75) is 20.1 Å². The minimum Gasteiger partial charge on any atom is -0.488 e. The van der Waals surface area contributed by atoms with E-state index < -0.39 is 5.97 Å². The van der Waals surface area contributed by atoms with Crippen LogP contribution in [0.4, 0.5) is 0 Å². The number of carbonyl (C=O) groups excluding carboxylic acids is 1. The maximum Gasteiger partial charge on any atom is 0.342 e. The smallest absolute Gasteiger partial charge is 0.342 e. The lowest BCUT2D eigenvalue weighted by atomic mass is 10.2. The second-order valence-corrected chi connectivity index (χ2v) is 7.82. The Hall–Kier alpha value is -3.45. The molecule has 2 aromatic heterocycles. The molecule has 0 N–H and O–H groups in total. The van der Waals surface area contributed by atoms with E-state index in [1.807, 2.05) is 37.3 Å². The number of rotatable bonds is 6. The number of hydrogen-bond donors (Lipinski definition) is 0. The Bertz CT molecular complexity index is 1320. The largest absolute Gasteiger partial charge is 0.488 e. The third kappa shape index (κ3) is 4.83. The van der Waals surface area contributed by atoms with Gasteiger partial charge in [0.25, 0.3) is 5.56 Å². The Morgan fingerprint density at radius 2 is 1.81 bits per heavy atom. The summed E-state index contributed by atoms with van der Waals surface area (Å²) in [4.78, 5) is 29.4. The van der Waals surface area contributed by atoms with Crippen LogP contribution in [0.1, 0.15) is 27.2 Å². The maximum atomic E-state index is 12.7. The molecule has 0 saturated carbocycles. The first-order valence-electron chi connectivity index (χ1n) is 9.62. The summed E-state index contributed by atoms with van der Waals surface area (Å²) in [5.74, 6) is -0.126. The molecule has 2 heterocycles. The molecule has 0 aliphatic carbocycles. The van der Waals surface area contributed by atoms with Crippen LogP contribution in [-0.4, -0.2) is 15.4 Å². The number of ether oxygens (including phenoxy) is 2. The van der Waals surface area contributed by atoms with Crippen molar-refractivity contribution in [2.75, 3.05) is 0 Å². The van der Waals surface area contributed by atoms with Gasteiger partial charge in [-0.25, -0.2) is 9.78 Å². The van der Waals surface area contributed by atoms with Crippen LogP contribution in [0, 0.1) is 6.92 Å². The summed E-state index contributed by atoms with van der Waals surface area (Å²) in [7, 11) is 0. The summed E-state index contributed by atoms with van der Waals surface area (Å²) in [6.45, 7) is 2.11. The molecule has 0 fully saturated rings. The van der Waals surface area contributed by atoms with Gasteiger partial charge in [-0.05, 0) is 42.8 Å². The van der Waals surface area contributed by atoms with Crippen molar-refractivity contribution < 1.29 is 14.3 Å². The van der Waals surface area contributed by atoms with Gasteiger partial charge in [0.1, 0.15) is 30.2 Å². The monoisotopic (exact) mass is 478 g/mol. The Morgan fingerprint density at radius 3 is 2.65 bits per heavy atom. The summed E-state index contributed by atoms with van der Waals surface area (Å²) < 4.78 is 13.7. The van der Waals surface area contributed by atoms with Crippen LogP contribution in [0.15, 0.2) is 82.2 Å². The Kier molecular flexibility index (Phi) is 6.13. The first kappa shape index (κ1) is 20.8. The minimum atomic E-state index is -0.547. The van der Waals surface area contributed by atoms with E-state index in [2.05, 4.69) is 20.9 Å². The molecule has 2 aromatic carbocycles. The molecule has 0 amide bonds. The number of pyridine rings is 1. The van der Waals surface area contributed by atoms with Gasteiger partial charge >= 0.3 is 5.97 Å². The number of hydrogen-bond acceptors (Lipinski definition) is 5. The normalized spacial score (nSPS) is 10.8. The third-order valence-electron chi connectivity index (χ3n) is 4.67. The number of para-hydroxylation sites is 1. The van der Waals surface area contributed by atoms with Crippen LogP contribution in [0.3, 0.4) is 0 Å². The van der Waals surface area contributed by atoms with Gasteiger partial charge in [0.05, 0.1) is 5.69 Å². The molecular weight excluding hydrogens is 460 g/mol. The first-order valence-corrected chi connectivity index (χ1v) is 10.4. The molecule has 0 aliphatic rings. The lowest BCUT2D eigenvalue weighted by Gasteiger charge is -2.12. The van der Waals surface area contributed by atoms with Crippen molar-refractivity contribution in [2.24, 2.45) is 0 Å². The molecule has 156 valence electrons. The molecule has 31 heavy (non-hydrogen) atoms. The van der Waals surface area contributed by atoms with E-state index >= 15 is 0 Å². The van der Waals surface area contributed by atoms with Gasteiger partial charge in [-0.15, -0.1) is 0 Å². The van der Waals surface area contributed by atoms with Crippen molar-refractivity contribution in [3.63, 3.8) is 0 Å². The standard InChI is InChI=1S/C24H19BrN2O4/c1-16-10-11-27-22(12-16)26-18(13-23(27)28)15-31-24(29)19-7-3-5-9-21(19)30-14-17-6-2-4-8-20(17)25/h2-13H,14-15H2,1H3. The molecule has 0 radical (unpaired) electrons. The van der Waals surface area contributed by atoms with E-state index in [0.29, 0.717) is 29.3 Å². The van der Waals surface area contributed by atoms with E-state index in [0.717, 1.165) is 15.6 Å². The molecule has 0 saturated heterocycles. The van der Waals surface area contributed by atoms with E-state index in [4.69, 9.17) is 9.47 Å². The highest BCUT2D eigenvalue weighted by atomic mass is 79.9. The summed E-state index contributed by atoms with van der Waals surface area (Å²) in [5, 5.41) is 0.